The van der Waals surface area contributed by atoms with Crippen LogP contribution in [0.25, 0.3) is 21.5 Å². The number of nitrogens with zero attached hydrogens (tertiary/aromatic N) is 2. The summed E-state index contributed by atoms with van der Waals surface area (Å²) in [5, 5.41) is 13.0. The number of carbonyl (C=O) groups is 1. The van der Waals surface area contributed by atoms with Crippen LogP contribution in [-0.4, -0.2) is 35.2 Å². The van der Waals surface area contributed by atoms with Gasteiger partial charge in [-0.1, -0.05) is 5.16 Å². The lowest BCUT2D eigenvalue weighted by atomic mass is 10.1. The van der Waals surface area contributed by atoms with Crippen LogP contribution >= 0.6 is 11.3 Å². The summed E-state index contributed by atoms with van der Waals surface area (Å²) >= 11 is 0.742. The van der Waals surface area contributed by atoms with Crippen LogP contribution in [0.1, 0.15) is 24.7 Å². The predicted octanol–water partition coefficient (Wildman–Crippen LogP) is 5.03. The van der Waals surface area contributed by atoms with Crippen LogP contribution in [0.2, 0.25) is 0 Å². The molecule has 8 nitrogen and oxygen atoms in total. The fourth-order valence-corrected chi connectivity index (χ4v) is 6.10. The molecule has 0 saturated carbocycles. The smallest absolute Gasteiger partial charge is 0.452 e. The lowest BCUT2D eigenvalue weighted by Gasteiger charge is -2.07. The van der Waals surface area contributed by atoms with Gasteiger partial charge in [0.05, 0.1) is 17.0 Å². The van der Waals surface area contributed by atoms with Gasteiger partial charge in [-0.15, -0.1) is 11.3 Å². The highest BCUT2D eigenvalue weighted by Crippen LogP contribution is 2.37. The van der Waals surface area contributed by atoms with Crippen molar-refractivity contribution in [1.82, 2.24) is 9.13 Å². The topological polar surface area (TPSA) is 112 Å². The lowest BCUT2D eigenvalue weighted by molar-refractivity contribution is -0.155. The standard InChI is InChI=1S/C21H17F3N2O6S2/c1-2-31-13-4-5-16-14(9-13)12(3-7-19(27)28)11-26(16)34(29,30)20-8-6-17(33-20)15-10-18(32-25-15)21(22,23)24/h4-6,8-11H,2-3,7H2,1H3,(H,27,28). The molecule has 0 radical (unpaired) electrons. The van der Waals surface area contributed by atoms with Crippen molar-refractivity contribution in [2.75, 3.05) is 6.61 Å². The van der Waals surface area contributed by atoms with E-state index < -0.39 is 27.9 Å². The maximum Gasteiger partial charge on any atom is 0.452 e. The zero-order valence-electron chi connectivity index (χ0n) is 17.5. The maximum atomic E-state index is 13.4. The van der Waals surface area contributed by atoms with E-state index in [1.165, 1.54) is 18.3 Å². The highest BCUT2D eigenvalue weighted by atomic mass is 32.2. The number of aromatic nitrogens is 2. The first kappa shape index (κ1) is 23.8. The SMILES string of the molecule is CCOc1ccc2c(c1)c(CCC(=O)O)cn2S(=O)(=O)c1ccc(-c2cc(C(F)(F)F)on2)s1. The molecule has 4 rings (SSSR count). The Morgan fingerprint density at radius 1 is 1.24 bits per heavy atom. The first-order valence-electron chi connectivity index (χ1n) is 9.89. The molecule has 0 aliphatic heterocycles. The number of hydrogen-bond acceptors (Lipinski definition) is 7. The Kier molecular flexibility index (Phi) is 6.16. The molecule has 34 heavy (non-hydrogen) atoms. The average Bonchev–Trinajstić information content (AvgIpc) is 3.49. The molecule has 0 amide bonds. The molecule has 1 N–H and O–H groups in total. The van der Waals surface area contributed by atoms with Crippen LogP contribution in [-0.2, 0) is 27.4 Å². The molecule has 3 heterocycles. The molecular weight excluding hydrogens is 497 g/mol. The first-order chi connectivity index (χ1) is 16.0. The van der Waals surface area contributed by atoms with E-state index in [2.05, 4.69) is 9.68 Å². The second kappa shape index (κ2) is 8.80. The number of hydrogen-bond donors (Lipinski definition) is 1. The van der Waals surface area contributed by atoms with E-state index in [1.54, 1.807) is 25.1 Å². The minimum Gasteiger partial charge on any atom is -0.494 e. The number of aryl methyl sites for hydroxylation is 1. The molecule has 180 valence electrons. The molecule has 4 aromatic rings. The second-order valence-electron chi connectivity index (χ2n) is 7.15. The summed E-state index contributed by atoms with van der Waals surface area (Å²) in [7, 11) is -4.15. The van der Waals surface area contributed by atoms with Crippen LogP contribution in [0.15, 0.2) is 51.3 Å². The number of thiophene rings is 1. The minimum absolute atomic E-state index is 0.0960. The van der Waals surface area contributed by atoms with Crippen molar-refractivity contribution < 1.29 is 40.8 Å². The summed E-state index contributed by atoms with van der Waals surface area (Å²) in [6.07, 6.45) is -3.46. The number of aliphatic carboxylic acids is 1. The Bertz CT molecular complexity index is 1470. The van der Waals surface area contributed by atoms with Crippen molar-refractivity contribution in [1.29, 1.82) is 0 Å². The molecule has 3 aromatic heterocycles. The Morgan fingerprint density at radius 3 is 2.65 bits per heavy atom. The van der Waals surface area contributed by atoms with Gasteiger partial charge in [0.2, 0.25) is 5.76 Å². The summed E-state index contributed by atoms with van der Waals surface area (Å²) in [6, 6.07) is 8.13. The van der Waals surface area contributed by atoms with Crippen LogP contribution in [0.5, 0.6) is 5.75 Å². The van der Waals surface area contributed by atoms with E-state index in [-0.39, 0.29) is 27.6 Å². The number of benzene rings is 1. The van der Waals surface area contributed by atoms with Gasteiger partial charge in [-0.2, -0.15) is 21.6 Å². The van der Waals surface area contributed by atoms with E-state index in [1.807, 2.05) is 0 Å². The summed E-state index contributed by atoms with van der Waals surface area (Å²) in [5.41, 5.74) is 0.685. The number of carboxylic acids is 1. The number of ether oxygens (including phenoxy) is 1. The minimum atomic E-state index is -4.71. The van der Waals surface area contributed by atoms with Gasteiger partial charge in [-0.25, -0.2) is 3.97 Å². The molecule has 0 atom stereocenters. The highest BCUT2D eigenvalue weighted by molar-refractivity contribution is 7.92. The number of fused-ring (bicyclic) bond motifs is 1. The van der Waals surface area contributed by atoms with Crippen molar-refractivity contribution >= 4 is 38.2 Å². The third kappa shape index (κ3) is 4.53. The fraction of sp³-hybridized carbons (Fsp3) is 0.238. The molecule has 13 heteroatoms. The second-order valence-corrected chi connectivity index (χ2v) is 10.3. The van der Waals surface area contributed by atoms with Crippen molar-refractivity contribution in [3.8, 4) is 16.3 Å². The van der Waals surface area contributed by atoms with Gasteiger partial charge in [0.15, 0.2) is 0 Å². The van der Waals surface area contributed by atoms with Crippen molar-refractivity contribution in [2.45, 2.75) is 30.2 Å². The summed E-state index contributed by atoms with van der Waals surface area (Å²) in [5.74, 6) is -1.81. The van der Waals surface area contributed by atoms with E-state index >= 15 is 0 Å². The molecule has 0 saturated heterocycles. The van der Waals surface area contributed by atoms with Gasteiger partial charge in [-0.3, -0.25) is 4.79 Å². The van der Waals surface area contributed by atoms with Crippen LogP contribution in [0, 0.1) is 0 Å². The first-order valence-corrected chi connectivity index (χ1v) is 12.1. The largest absolute Gasteiger partial charge is 0.494 e. The van der Waals surface area contributed by atoms with Gasteiger partial charge in [0.25, 0.3) is 10.0 Å². The monoisotopic (exact) mass is 514 g/mol. The van der Waals surface area contributed by atoms with Gasteiger partial charge in [0, 0.05) is 24.1 Å². The molecule has 0 fully saturated rings. The van der Waals surface area contributed by atoms with Crippen molar-refractivity contribution in [2.24, 2.45) is 0 Å². The number of halogens is 3. The number of carboxylic acid groups (broad SMARTS) is 1. The predicted molar refractivity (Wildman–Crippen MR) is 116 cm³/mol. The quantitative estimate of drug-likeness (QED) is 0.351. The zero-order valence-corrected chi connectivity index (χ0v) is 19.1. The van der Waals surface area contributed by atoms with E-state index in [0.717, 1.165) is 15.3 Å². The van der Waals surface area contributed by atoms with Crippen molar-refractivity contribution in [3.63, 3.8) is 0 Å². The molecular formula is C21H17F3N2O6S2. The Labute approximate surface area is 195 Å². The highest BCUT2D eigenvalue weighted by Gasteiger charge is 2.36. The van der Waals surface area contributed by atoms with Gasteiger partial charge < -0.3 is 14.4 Å². The summed E-state index contributed by atoms with van der Waals surface area (Å²) in [4.78, 5) is 11.3. The Morgan fingerprint density at radius 2 is 2.00 bits per heavy atom. The normalized spacial score (nSPS) is 12.4. The third-order valence-electron chi connectivity index (χ3n) is 4.88. The van der Waals surface area contributed by atoms with Crippen LogP contribution in [0.3, 0.4) is 0 Å². The molecule has 0 aliphatic rings. The fourth-order valence-electron chi connectivity index (χ4n) is 3.36. The van der Waals surface area contributed by atoms with E-state index in [0.29, 0.717) is 34.9 Å². The number of alkyl halides is 3. The van der Waals surface area contributed by atoms with Crippen LogP contribution in [0.4, 0.5) is 13.2 Å². The Balaban J connectivity index is 1.76. The van der Waals surface area contributed by atoms with Gasteiger partial charge >= 0.3 is 12.1 Å². The molecule has 0 bridgehead atoms. The molecule has 0 spiro atoms. The zero-order chi connectivity index (χ0) is 24.7. The average molecular weight is 515 g/mol. The van der Waals surface area contributed by atoms with Crippen molar-refractivity contribution in [3.05, 3.63) is 53.9 Å². The maximum absolute atomic E-state index is 13.4. The Hall–Kier alpha value is -3.32. The lowest BCUT2D eigenvalue weighted by Crippen LogP contribution is -2.10. The van der Waals surface area contributed by atoms with E-state index in [4.69, 9.17) is 9.84 Å². The molecule has 0 unspecified atom stereocenters. The third-order valence-corrected chi connectivity index (χ3v) is 8.13. The molecule has 1 aromatic carbocycles. The van der Waals surface area contributed by atoms with Crippen LogP contribution < -0.4 is 4.74 Å². The molecule has 0 aliphatic carbocycles. The summed E-state index contributed by atoms with van der Waals surface area (Å²) in [6.45, 7) is 2.19. The number of rotatable bonds is 8. The van der Waals surface area contributed by atoms with Gasteiger partial charge in [-0.05, 0) is 49.2 Å². The summed E-state index contributed by atoms with van der Waals surface area (Å²) < 4.78 is 75.9. The van der Waals surface area contributed by atoms with E-state index in [9.17, 15) is 26.4 Å². The van der Waals surface area contributed by atoms with Gasteiger partial charge in [0.1, 0.15) is 15.7 Å².